The quantitative estimate of drug-likeness (QED) is 0.640. The van der Waals surface area contributed by atoms with Gasteiger partial charge in [0.25, 0.3) is 5.91 Å². The number of carbonyl (C=O) groups is 1. The van der Waals surface area contributed by atoms with Gasteiger partial charge in [0.2, 0.25) is 10.0 Å². The SMILES string of the molecule is CCc1ccc(NC(=O)COc2ccc(S(=O)(=O)NCC(C)C)cc2Cl)cc1. The fourth-order valence-electron chi connectivity index (χ4n) is 2.29. The Morgan fingerprint density at radius 3 is 2.39 bits per heavy atom. The maximum Gasteiger partial charge on any atom is 0.262 e. The van der Waals surface area contributed by atoms with Crippen molar-refractivity contribution >= 4 is 33.2 Å². The van der Waals surface area contributed by atoms with E-state index in [4.69, 9.17) is 16.3 Å². The lowest BCUT2D eigenvalue weighted by molar-refractivity contribution is -0.118. The van der Waals surface area contributed by atoms with Gasteiger partial charge in [0.15, 0.2) is 6.61 Å². The first-order valence-electron chi connectivity index (χ1n) is 9.02. The minimum Gasteiger partial charge on any atom is -0.482 e. The molecule has 0 saturated carbocycles. The largest absolute Gasteiger partial charge is 0.482 e. The van der Waals surface area contributed by atoms with Crippen molar-refractivity contribution in [2.24, 2.45) is 5.92 Å². The second-order valence-electron chi connectivity index (χ2n) is 6.73. The van der Waals surface area contributed by atoms with E-state index in [9.17, 15) is 13.2 Å². The van der Waals surface area contributed by atoms with Gasteiger partial charge in [-0.05, 0) is 48.2 Å². The molecule has 28 heavy (non-hydrogen) atoms. The predicted octanol–water partition coefficient (Wildman–Crippen LogP) is 3.85. The molecule has 2 rings (SSSR count). The van der Waals surface area contributed by atoms with Crippen LogP contribution in [0.4, 0.5) is 5.69 Å². The zero-order valence-corrected chi connectivity index (χ0v) is 17.7. The maximum absolute atomic E-state index is 12.2. The van der Waals surface area contributed by atoms with Crippen LogP contribution in [0.2, 0.25) is 5.02 Å². The molecule has 2 N–H and O–H groups in total. The van der Waals surface area contributed by atoms with Crippen LogP contribution in [0.15, 0.2) is 47.4 Å². The topological polar surface area (TPSA) is 84.5 Å². The van der Waals surface area contributed by atoms with Gasteiger partial charge in [0, 0.05) is 12.2 Å². The lowest BCUT2D eigenvalue weighted by atomic mass is 10.1. The van der Waals surface area contributed by atoms with Crippen molar-refractivity contribution in [1.82, 2.24) is 4.72 Å². The average molecular weight is 425 g/mol. The molecule has 6 nitrogen and oxygen atoms in total. The Hall–Kier alpha value is -2.09. The van der Waals surface area contributed by atoms with Gasteiger partial charge in [-0.25, -0.2) is 13.1 Å². The molecule has 0 aromatic heterocycles. The number of hydrogen-bond acceptors (Lipinski definition) is 4. The van der Waals surface area contributed by atoms with E-state index in [0.29, 0.717) is 12.2 Å². The molecule has 152 valence electrons. The molecule has 0 aliphatic heterocycles. The number of hydrogen-bond donors (Lipinski definition) is 2. The molecule has 0 bridgehead atoms. The third kappa shape index (κ3) is 6.51. The smallest absolute Gasteiger partial charge is 0.262 e. The van der Waals surface area contributed by atoms with E-state index in [2.05, 4.69) is 17.0 Å². The van der Waals surface area contributed by atoms with Crippen molar-refractivity contribution in [3.63, 3.8) is 0 Å². The number of sulfonamides is 1. The monoisotopic (exact) mass is 424 g/mol. The van der Waals surface area contributed by atoms with Gasteiger partial charge in [-0.3, -0.25) is 4.79 Å². The summed E-state index contributed by atoms with van der Waals surface area (Å²) in [6.45, 7) is 5.97. The molecular weight excluding hydrogens is 400 g/mol. The standard InChI is InChI=1S/C20H25ClN2O4S/c1-4-15-5-7-16(8-6-15)23-20(24)13-27-19-10-9-17(11-18(19)21)28(25,26)22-12-14(2)3/h5-11,14,22H,4,12-13H2,1-3H3,(H,23,24). The van der Waals surface area contributed by atoms with E-state index < -0.39 is 10.0 Å². The Balaban J connectivity index is 1.96. The fourth-order valence-corrected chi connectivity index (χ4v) is 3.83. The van der Waals surface area contributed by atoms with E-state index in [1.807, 2.05) is 38.1 Å². The van der Waals surface area contributed by atoms with Gasteiger partial charge < -0.3 is 10.1 Å². The summed E-state index contributed by atoms with van der Waals surface area (Å²) in [6.07, 6.45) is 0.925. The van der Waals surface area contributed by atoms with Crippen LogP contribution in [0.1, 0.15) is 26.3 Å². The van der Waals surface area contributed by atoms with Crippen molar-refractivity contribution < 1.29 is 17.9 Å². The zero-order valence-electron chi connectivity index (χ0n) is 16.2. The van der Waals surface area contributed by atoms with Crippen LogP contribution in [-0.2, 0) is 21.2 Å². The first-order chi connectivity index (χ1) is 13.2. The second-order valence-corrected chi connectivity index (χ2v) is 8.90. The Morgan fingerprint density at radius 1 is 1.14 bits per heavy atom. The van der Waals surface area contributed by atoms with Crippen LogP contribution in [-0.4, -0.2) is 27.5 Å². The van der Waals surface area contributed by atoms with E-state index in [1.54, 1.807) is 0 Å². The number of nitrogens with one attached hydrogen (secondary N) is 2. The van der Waals surface area contributed by atoms with Crippen molar-refractivity contribution in [1.29, 1.82) is 0 Å². The summed E-state index contributed by atoms with van der Waals surface area (Å²) < 4.78 is 32.4. The third-order valence-corrected chi connectivity index (χ3v) is 5.62. The van der Waals surface area contributed by atoms with Gasteiger partial charge >= 0.3 is 0 Å². The summed E-state index contributed by atoms with van der Waals surface area (Å²) in [5.74, 6) is 0.0844. The molecule has 0 spiro atoms. The van der Waals surface area contributed by atoms with Crippen LogP contribution in [0.25, 0.3) is 0 Å². The number of halogens is 1. The van der Waals surface area contributed by atoms with Gasteiger partial charge in [0.05, 0.1) is 9.92 Å². The van der Waals surface area contributed by atoms with Gasteiger partial charge in [-0.2, -0.15) is 0 Å². The van der Waals surface area contributed by atoms with Gasteiger partial charge in [-0.15, -0.1) is 0 Å². The summed E-state index contributed by atoms with van der Waals surface area (Å²) in [6, 6.07) is 11.7. The minimum atomic E-state index is -3.64. The highest BCUT2D eigenvalue weighted by molar-refractivity contribution is 7.89. The molecule has 0 atom stereocenters. The molecule has 1 amide bonds. The second kappa shape index (κ2) is 9.91. The van der Waals surface area contributed by atoms with Crippen LogP contribution in [0, 0.1) is 5.92 Å². The van der Waals surface area contributed by atoms with Gasteiger partial charge in [0.1, 0.15) is 5.75 Å². The first kappa shape index (κ1) is 22.2. The summed E-state index contributed by atoms with van der Waals surface area (Å²) in [5.41, 5.74) is 1.86. The number of carbonyl (C=O) groups excluding carboxylic acids is 1. The molecule has 0 unspecified atom stereocenters. The van der Waals surface area contributed by atoms with Crippen molar-refractivity contribution in [2.75, 3.05) is 18.5 Å². The number of benzene rings is 2. The molecule has 2 aromatic carbocycles. The Morgan fingerprint density at radius 2 is 1.82 bits per heavy atom. The Bertz CT molecular complexity index is 912. The van der Waals surface area contributed by atoms with Crippen molar-refractivity contribution in [3.05, 3.63) is 53.1 Å². The lowest BCUT2D eigenvalue weighted by Gasteiger charge is -2.12. The molecule has 2 aromatic rings. The first-order valence-corrected chi connectivity index (χ1v) is 10.9. The maximum atomic E-state index is 12.2. The lowest BCUT2D eigenvalue weighted by Crippen LogP contribution is -2.27. The van der Waals surface area contributed by atoms with Crippen LogP contribution >= 0.6 is 11.6 Å². The highest BCUT2D eigenvalue weighted by atomic mass is 35.5. The number of amides is 1. The minimum absolute atomic E-state index is 0.0472. The van der Waals surface area contributed by atoms with E-state index in [-0.39, 0.29) is 34.1 Å². The number of rotatable bonds is 9. The number of anilines is 1. The van der Waals surface area contributed by atoms with E-state index in [0.717, 1.165) is 6.42 Å². The number of ether oxygens (including phenoxy) is 1. The highest BCUT2D eigenvalue weighted by Gasteiger charge is 2.16. The predicted molar refractivity (Wildman–Crippen MR) is 111 cm³/mol. The van der Waals surface area contributed by atoms with Crippen LogP contribution in [0.5, 0.6) is 5.75 Å². The normalized spacial score (nSPS) is 11.5. The highest BCUT2D eigenvalue weighted by Crippen LogP contribution is 2.27. The van der Waals surface area contributed by atoms with Crippen molar-refractivity contribution in [3.8, 4) is 5.75 Å². The van der Waals surface area contributed by atoms with Crippen LogP contribution in [0.3, 0.4) is 0 Å². The fraction of sp³-hybridized carbons (Fsp3) is 0.350. The molecule has 0 aliphatic rings. The molecule has 0 radical (unpaired) electrons. The van der Waals surface area contributed by atoms with E-state index in [1.165, 1.54) is 23.8 Å². The Kier molecular flexibility index (Phi) is 7.86. The molecule has 0 saturated heterocycles. The third-order valence-electron chi connectivity index (χ3n) is 3.90. The average Bonchev–Trinajstić information content (AvgIpc) is 2.66. The number of aryl methyl sites for hydroxylation is 1. The molecular formula is C20H25ClN2O4S. The van der Waals surface area contributed by atoms with Crippen LogP contribution < -0.4 is 14.8 Å². The summed E-state index contributed by atoms with van der Waals surface area (Å²) >= 11 is 6.13. The molecule has 0 aliphatic carbocycles. The summed E-state index contributed by atoms with van der Waals surface area (Å²) in [4.78, 5) is 12.1. The summed E-state index contributed by atoms with van der Waals surface area (Å²) in [7, 11) is -3.64. The van der Waals surface area contributed by atoms with Crippen molar-refractivity contribution in [2.45, 2.75) is 32.1 Å². The molecule has 0 heterocycles. The molecule has 0 fully saturated rings. The van der Waals surface area contributed by atoms with E-state index >= 15 is 0 Å². The summed E-state index contributed by atoms with van der Waals surface area (Å²) in [5, 5.41) is 2.85. The van der Waals surface area contributed by atoms with Gasteiger partial charge in [-0.1, -0.05) is 44.5 Å². The molecule has 8 heteroatoms. The zero-order chi connectivity index (χ0) is 20.7. The Labute approximate surface area is 171 Å².